The molecule has 6 heteroatoms. The van der Waals surface area contributed by atoms with Crippen molar-refractivity contribution in [3.63, 3.8) is 0 Å². The van der Waals surface area contributed by atoms with Crippen molar-refractivity contribution in [1.82, 2.24) is 4.98 Å². The van der Waals surface area contributed by atoms with E-state index in [-0.39, 0.29) is 5.69 Å². The number of aromatic carboxylic acids is 1. The smallest absolute Gasteiger partial charge is 0.355 e. The first-order valence-electron chi connectivity index (χ1n) is 6.78. The number of hydrogen-bond acceptors (Lipinski definition) is 4. The lowest BCUT2D eigenvalue weighted by molar-refractivity contribution is 0.0691. The summed E-state index contributed by atoms with van der Waals surface area (Å²) in [6, 6.07) is 14.9. The van der Waals surface area contributed by atoms with Crippen LogP contribution in [0.4, 0.5) is 0 Å². The fourth-order valence-corrected chi connectivity index (χ4v) is 3.02. The highest BCUT2D eigenvalue weighted by Crippen LogP contribution is 2.27. The minimum atomic E-state index is -1.03. The minimum Gasteiger partial charge on any atom is -0.489 e. The molecule has 0 amide bonds. The van der Waals surface area contributed by atoms with E-state index in [1.54, 1.807) is 0 Å². The number of aromatic nitrogens is 1. The average Bonchev–Trinajstić information content (AvgIpc) is 3.04. The van der Waals surface area contributed by atoms with Crippen molar-refractivity contribution in [2.45, 2.75) is 6.61 Å². The third-order valence-corrected chi connectivity index (χ3v) is 4.23. The standard InChI is InChI=1S/C17H12ClNO3S/c18-13-5-1-3-11(7-13)9-22-14-6-2-4-12(8-14)16-19-15(10-23-16)17(20)21/h1-8,10H,9H2,(H,20,21). The second-order valence-corrected chi connectivity index (χ2v) is 6.08. The molecule has 4 nitrogen and oxygen atoms in total. The van der Waals surface area contributed by atoms with E-state index in [1.165, 1.54) is 16.7 Å². The Morgan fingerprint density at radius 3 is 2.78 bits per heavy atom. The molecular formula is C17H12ClNO3S. The van der Waals surface area contributed by atoms with Crippen LogP contribution in [0.3, 0.4) is 0 Å². The maximum absolute atomic E-state index is 10.9. The molecule has 0 saturated heterocycles. The zero-order chi connectivity index (χ0) is 16.2. The topological polar surface area (TPSA) is 59.4 Å². The van der Waals surface area contributed by atoms with Gasteiger partial charge in [-0.1, -0.05) is 35.9 Å². The molecule has 1 heterocycles. The number of nitrogens with zero attached hydrogens (tertiary/aromatic N) is 1. The molecule has 0 aliphatic heterocycles. The van der Waals surface area contributed by atoms with Gasteiger partial charge in [0.05, 0.1) is 0 Å². The molecule has 1 aromatic heterocycles. The number of ether oxygens (including phenoxy) is 1. The van der Waals surface area contributed by atoms with E-state index in [0.717, 1.165) is 11.1 Å². The first-order valence-corrected chi connectivity index (χ1v) is 8.04. The monoisotopic (exact) mass is 345 g/mol. The Morgan fingerprint density at radius 2 is 2.04 bits per heavy atom. The summed E-state index contributed by atoms with van der Waals surface area (Å²) in [5, 5.41) is 11.8. The van der Waals surface area contributed by atoms with Crippen molar-refractivity contribution >= 4 is 28.9 Å². The molecule has 2 aromatic carbocycles. The first kappa shape index (κ1) is 15.5. The molecule has 23 heavy (non-hydrogen) atoms. The largest absolute Gasteiger partial charge is 0.489 e. The van der Waals surface area contributed by atoms with E-state index in [1.807, 2.05) is 48.5 Å². The van der Waals surface area contributed by atoms with Crippen LogP contribution >= 0.6 is 22.9 Å². The van der Waals surface area contributed by atoms with Gasteiger partial charge in [-0.2, -0.15) is 0 Å². The van der Waals surface area contributed by atoms with E-state index in [4.69, 9.17) is 21.4 Å². The molecule has 0 atom stereocenters. The zero-order valence-corrected chi connectivity index (χ0v) is 13.5. The first-order chi connectivity index (χ1) is 11.1. The van der Waals surface area contributed by atoms with Crippen LogP contribution in [-0.2, 0) is 6.61 Å². The highest BCUT2D eigenvalue weighted by Gasteiger charge is 2.10. The lowest BCUT2D eigenvalue weighted by atomic mass is 10.2. The van der Waals surface area contributed by atoms with E-state index >= 15 is 0 Å². The summed E-state index contributed by atoms with van der Waals surface area (Å²) in [5.41, 5.74) is 1.85. The number of carboxylic acid groups (broad SMARTS) is 1. The summed E-state index contributed by atoms with van der Waals surface area (Å²) < 4.78 is 5.77. The van der Waals surface area contributed by atoms with E-state index in [0.29, 0.717) is 22.4 Å². The summed E-state index contributed by atoms with van der Waals surface area (Å²) in [5.74, 6) is -0.338. The number of rotatable bonds is 5. The Balaban J connectivity index is 1.75. The van der Waals surface area contributed by atoms with Gasteiger partial charge in [0.25, 0.3) is 0 Å². The van der Waals surface area contributed by atoms with Gasteiger partial charge in [0, 0.05) is 16.0 Å². The summed E-state index contributed by atoms with van der Waals surface area (Å²) in [6.45, 7) is 0.405. The molecule has 3 rings (SSSR count). The van der Waals surface area contributed by atoms with Crippen LogP contribution in [0.15, 0.2) is 53.9 Å². The SMILES string of the molecule is O=C(O)c1csc(-c2cccc(OCc3cccc(Cl)c3)c2)n1. The molecule has 0 radical (unpaired) electrons. The predicted octanol–water partition coefficient (Wildman–Crippen LogP) is 4.74. The second-order valence-electron chi connectivity index (χ2n) is 4.79. The predicted molar refractivity (Wildman–Crippen MR) is 90.3 cm³/mol. The maximum atomic E-state index is 10.9. The van der Waals surface area contributed by atoms with Gasteiger partial charge in [-0.3, -0.25) is 0 Å². The molecule has 1 N–H and O–H groups in total. The van der Waals surface area contributed by atoms with Gasteiger partial charge in [0.1, 0.15) is 17.4 Å². The van der Waals surface area contributed by atoms with E-state index in [9.17, 15) is 4.79 Å². The number of hydrogen-bond donors (Lipinski definition) is 1. The van der Waals surface area contributed by atoms with Crippen molar-refractivity contribution in [3.8, 4) is 16.3 Å². The van der Waals surface area contributed by atoms with Crippen LogP contribution in [0.2, 0.25) is 5.02 Å². The van der Waals surface area contributed by atoms with Crippen LogP contribution in [0.25, 0.3) is 10.6 Å². The van der Waals surface area contributed by atoms with Crippen LogP contribution in [-0.4, -0.2) is 16.1 Å². The Bertz CT molecular complexity index is 847. The molecular weight excluding hydrogens is 334 g/mol. The molecule has 0 saturated carbocycles. The summed E-state index contributed by atoms with van der Waals surface area (Å²) in [7, 11) is 0. The number of carboxylic acids is 1. The third-order valence-electron chi connectivity index (χ3n) is 3.10. The van der Waals surface area contributed by atoms with Gasteiger partial charge in [-0.15, -0.1) is 11.3 Å². The van der Waals surface area contributed by atoms with Gasteiger partial charge < -0.3 is 9.84 Å². The van der Waals surface area contributed by atoms with Crippen molar-refractivity contribution in [1.29, 1.82) is 0 Å². The van der Waals surface area contributed by atoms with Gasteiger partial charge in [0.15, 0.2) is 5.69 Å². The Kier molecular flexibility index (Phi) is 4.60. The van der Waals surface area contributed by atoms with Crippen LogP contribution in [0.1, 0.15) is 16.1 Å². The number of benzene rings is 2. The lowest BCUT2D eigenvalue weighted by Gasteiger charge is -2.07. The normalized spacial score (nSPS) is 10.5. The van der Waals surface area contributed by atoms with Crippen LogP contribution in [0, 0.1) is 0 Å². The Hall–Kier alpha value is -2.37. The minimum absolute atomic E-state index is 0.0512. The van der Waals surface area contributed by atoms with Gasteiger partial charge in [-0.25, -0.2) is 9.78 Å². The van der Waals surface area contributed by atoms with E-state index < -0.39 is 5.97 Å². The van der Waals surface area contributed by atoms with Gasteiger partial charge in [0.2, 0.25) is 0 Å². The summed E-state index contributed by atoms with van der Waals surface area (Å²) >= 11 is 7.24. The quantitative estimate of drug-likeness (QED) is 0.725. The zero-order valence-electron chi connectivity index (χ0n) is 11.9. The van der Waals surface area contributed by atoms with Crippen molar-refractivity contribution in [2.24, 2.45) is 0 Å². The Labute approximate surface area is 142 Å². The molecule has 0 unspecified atom stereocenters. The fraction of sp³-hybridized carbons (Fsp3) is 0.0588. The molecule has 0 aliphatic rings. The molecule has 3 aromatic rings. The molecule has 0 aliphatic carbocycles. The molecule has 0 fully saturated rings. The number of thiazole rings is 1. The molecule has 116 valence electrons. The fourth-order valence-electron chi connectivity index (χ4n) is 2.02. The van der Waals surface area contributed by atoms with Crippen molar-refractivity contribution in [3.05, 3.63) is 70.2 Å². The van der Waals surface area contributed by atoms with Crippen LogP contribution in [0.5, 0.6) is 5.75 Å². The average molecular weight is 346 g/mol. The van der Waals surface area contributed by atoms with E-state index in [2.05, 4.69) is 4.98 Å². The number of carbonyl (C=O) groups is 1. The van der Waals surface area contributed by atoms with Crippen LogP contribution < -0.4 is 4.74 Å². The van der Waals surface area contributed by atoms with Gasteiger partial charge in [-0.05, 0) is 29.8 Å². The molecule has 0 bridgehead atoms. The van der Waals surface area contributed by atoms with Crippen molar-refractivity contribution in [2.75, 3.05) is 0 Å². The second kappa shape index (κ2) is 6.81. The number of halogens is 1. The lowest BCUT2D eigenvalue weighted by Crippen LogP contribution is -1.96. The Morgan fingerprint density at radius 1 is 1.22 bits per heavy atom. The van der Waals surface area contributed by atoms with Crippen molar-refractivity contribution < 1.29 is 14.6 Å². The van der Waals surface area contributed by atoms with Gasteiger partial charge >= 0.3 is 5.97 Å². The maximum Gasteiger partial charge on any atom is 0.355 e. The summed E-state index contributed by atoms with van der Waals surface area (Å²) in [4.78, 5) is 15.0. The summed E-state index contributed by atoms with van der Waals surface area (Å²) in [6.07, 6.45) is 0. The third kappa shape index (κ3) is 3.88. The molecule has 0 spiro atoms. The highest BCUT2D eigenvalue weighted by molar-refractivity contribution is 7.13. The highest BCUT2D eigenvalue weighted by atomic mass is 35.5.